The van der Waals surface area contributed by atoms with Crippen molar-refractivity contribution in [3.63, 3.8) is 0 Å². The van der Waals surface area contributed by atoms with Crippen LogP contribution < -0.4 is 15.5 Å². The Hall–Kier alpha value is -4.05. The van der Waals surface area contributed by atoms with Crippen molar-refractivity contribution >= 4 is 46.3 Å². The lowest BCUT2D eigenvalue weighted by molar-refractivity contribution is -0.136. The molecule has 0 aliphatic carbocycles. The van der Waals surface area contributed by atoms with Crippen LogP contribution in [0.5, 0.6) is 0 Å². The van der Waals surface area contributed by atoms with Gasteiger partial charge in [0.05, 0.1) is 10.4 Å². The number of carbonyl (C=O) groups excluding carboxylic acids is 4. The van der Waals surface area contributed by atoms with Crippen molar-refractivity contribution < 1.29 is 23.6 Å². The molecule has 10 heteroatoms. The third-order valence-electron chi connectivity index (χ3n) is 7.20. The van der Waals surface area contributed by atoms with E-state index in [4.69, 9.17) is 0 Å². The highest BCUT2D eigenvalue weighted by molar-refractivity contribution is 7.12. The number of amides is 4. The monoisotopic (exact) mass is 548 g/mol. The molecule has 2 N–H and O–H groups in total. The smallest absolute Gasteiger partial charge is 0.313 e. The van der Waals surface area contributed by atoms with Crippen LogP contribution in [0.15, 0.2) is 60.0 Å². The number of fused-ring (bicyclic) bond motifs is 1. The Kier molecular flexibility index (Phi) is 8.02. The zero-order valence-corrected chi connectivity index (χ0v) is 22.1. The lowest BCUT2D eigenvalue weighted by Gasteiger charge is -2.32. The third-order valence-corrected chi connectivity index (χ3v) is 8.05. The topological polar surface area (TPSA) is 98.8 Å². The Balaban J connectivity index is 1.11. The van der Waals surface area contributed by atoms with Crippen molar-refractivity contribution in [2.75, 3.05) is 36.4 Å². The maximum atomic E-state index is 14.0. The third kappa shape index (κ3) is 6.01. The minimum Gasteiger partial charge on any atom is -0.348 e. The molecular weight excluding hydrogens is 519 g/mol. The second-order valence-electron chi connectivity index (χ2n) is 9.76. The molecule has 2 aliphatic rings. The number of benzene rings is 2. The predicted molar refractivity (Wildman–Crippen MR) is 147 cm³/mol. The van der Waals surface area contributed by atoms with Gasteiger partial charge in [-0.05, 0) is 78.9 Å². The van der Waals surface area contributed by atoms with Gasteiger partial charge in [-0.3, -0.25) is 19.2 Å². The van der Waals surface area contributed by atoms with Crippen LogP contribution in [0.3, 0.4) is 0 Å². The van der Waals surface area contributed by atoms with Gasteiger partial charge in [0.1, 0.15) is 5.82 Å². The molecule has 0 bridgehead atoms. The highest BCUT2D eigenvalue weighted by Crippen LogP contribution is 2.31. The van der Waals surface area contributed by atoms with Crippen molar-refractivity contribution in [1.29, 1.82) is 0 Å². The maximum absolute atomic E-state index is 14.0. The van der Waals surface area contributed by atoms with Crippen molar-refractivity contribution in [1.82, 2.24) is 10.2 Å². The fourth-order valence-corrected chi connectivity index (χ4v) is 5.74. The van der Waals surface area contributed by atoms with Crippen LogP contribution in [0.1, 0.15) is 44.9 Å². The molecule has 5 rings (SSSR count). The van der Waals surface area contributed by atoms with E-state index >= 15 is 0 Å². The molecule has 0 saturated carbocycles. The molecular formula is C29H29FN4O4S. The summed E-state index contributed by atoms with van der Waals surface area (Å²) in [6, 6.07) is 14.9. The number of aryl methyl sites for hydroxylation is 1. The number of nitrogens with one attached hydrogen (secondary N) is 2. The lowest BCUT2D eigenvalue weighted by Crippen LogP contribution is -2.43. The summed E-state index contributed by atoms with van der Waals surface area (Å²) >= 11 is 1.41. The number of rotatable bonds is 5. The summed E-state index contributed by atoms with van der Waals surface area (Å²) in [7, 11) is 0. The number of likely N-dealkylation sites (tertiary alicyclic amines) is 1. The van der Waals surface area contributed by atoms with E-state index in [2.05, 4.69) is 10.6 Å². The van der Waals surface area contributed by atoms with Crippen LogP contribution in [0.4, 0.5) is 15.8 Å². The molecule has 3 aromatic rings. The molecule has 0 radical (unpaired) electrons. The molecule has 39 heavy (non-hydrogen) atoms. The highest BCUT2D eigenvalue weighted by atomic mass is 32.1. The molecule has 3 heterocycles. The number of hydrogen-bond donors (Lipinski definition) is 2. The molecule has 4 amide bonds. The first-order valence-corrected chi connectivity index (χ1v) is 13.9. The Morgan fingerprint density at radius 2 is 1.72 bits per heavy atom. The molecule has 8 nitrogen and oxygen atoms in total. The zero-order valence-electron chi connectivity index (χ0n) is 21.3. The normalized spacial score (nSPS) is 15.4. The van der Waals surface area contributed by atoms with Gasteiger partial charge in [0, 0.05) is 37.6 Å². The molecule has 1 saturated heterocycles. The van der Waals surface area contributed by atoms with Crippen LogP contribution in [-0.4, -0.2) is 54.7 Å². The number of thiophene rings is 1. The van der Waals surface area contributed by atoms with Gasteiger partial charge < -0.3 is 20.4 Å². The van der Waals surface area contributed by atoms with E-state index in [9.17, 15) is 23.6 Å². The summed E-state index contributed by atoms with van der Waals surface area (Å²) in [6.07, 6.45) is 2.88. The SMILES string of the molecule is O=C(NCC1CCN(C(=O)c2ccccc2F)CC1)C(=O)Nc1ccc2c(c1)CCCN2C(=O)c1cccs1. The fraction of sp³-hybridized carbons (Fsp3) is 0.310. The molecule has 2 aromatic carbocycles. The molecule has 0 unspecified atom stereocenters. The first-order valence-electron chi connectivity index (χ1n) is 13.0. The molecule has 202 valence electrons. The summed E-state index contributed by atoms with van der Waals surface area (Å²) in [4.78, 5) is 54.5. The number of anilines is 2. The van der Waals surface area contributed by atoms with Gasteiger partial charge in [0.2, 0.25) is 0 Å². The van der Waals surface area contributed by atoms with E-state index in [1.165, 1.54) is 23.5 Å². The number of carbonyl (C=O) groups is 4. The highest BCUT2D eigenvalue weighted by Gasteiger charge is 2.27. The quantitative estimate of drug-likeness (QED) is 0.470. The van der Waals surface area contributed by atoms with Crippen molar-refractivity contribution in [3.05, 3.63) is 81.8 Å². The van der Waals surface area contributed by atoms with E-state index in [1.807, 2.05) is 29.6 Å². The van der Waals surface area contributed by atoms with Crippen LogP contribution in [0.2, 0.25) is 0 Å². The Labute approximate surface area is 229 Å². The summed E-state index contributed by atoms with van der Waals surface area (Å²) in [5, 5.41) is 7.22. The van der Waals surface area contributed by atoms with Gasteiger partial charge in [-0.2, -0.15) is 0 Å². The van der Waals surface area contributed by atoms with Gasteiger partial charge >= 0.3 is 11.8 Å². The average molecular weight is 549 g/mol. The van der Waals surface area contributed by atoms with E-state index < -0.39 is 17.6 Å². The van der Waals surface area contributed by atoms with E-state index in [0.29, 0.717) is 49.6 Å². The predicted octanol–water partition coefficient (Wildman–Crippen LogP) is 4.09. The molecule has 0 spiro atoms. The van der Waals surface area contributed by atoms with E-state index in [1.54, 1.807) is 28.0 Å². The van der Waals surface area contributed by atoms with E-state index in [0.717, 1.165) is 24.1 Å². The largest absolute Gasteiger partial charge is 0.348 e. The maximum Gasteiger partial charge on any atom is 0.313 e. The Morgan fingerprint density at radius 1 is 0.923 bits per heavy atom. The van der Waals surface area contributed by atoms with Gasteiger partial charge in [-0.15, -0.1) is 11.3 Å². The number of piperidine rings is 1. The minimum absolute atomic E-state index is 0.0375. The number of halogens is 1. The van der Waals surface area contributed by atoms with Crippen LogP contribution >= 0.6 is 11.3 Å². The van der Waals surface area contributed by atoms with Gasteiger partial charge in [0.15, 0.2) is 0 Å². The number of hydrogen-bond acceptors (Lipinski definition) is 5. The van der Waals surface area contributed by atoms with Gasteiger partial charge in [-0.1, -0.05) is 18.2 Å². The molecule has 2 aliphatic heterocycles. The van der Waals surface area contributed by atoms with Gasteiger partial charge in [-0.25, -0.2) is 4.39 Å². The van der Waals surface area contributed by atoms with Crippen LogP contribution in [-0.2, 0) is 16.0 Å². The Morgan fingerprint density at radius 3 is 2.46 bits per heavy atom. The summed E-state index contributed by atoms with van der Waals surface area (Å²) in [5.41, 5.74) is 2.33. The molecule has 1 aromatic heterocycles. The number of nitrogens with zero attached hydrogens (tertiary/aromatic N) is 2. The summed E-state index contributed by atoms with van der Waals surface area (Å²) < 4.78 is 14.0. The first-order chi connectivity index (χ1) is 18.9. The average Bonchev–Trinajstić information content (AvgIpc) is 3.50. The molecule has 1 fully saturated rings. The fourth-order valence-electron chi connectivity index (χ4n) is 5.07. The standard InChI is InChI=1S/C29H29FN4O4S/c30-23-7-2-1-6-22(23)28(37)33-14-11-19(12-15-33)18-31-26(35)27(36)32-21-9-10-24-20(17-21)5-3-13-34(24)29(38)25-8-4-16-39-25/h1-2,4,6-10,16-17,19H,3,5,11-15,18H2,(H,31,35)(H,32,36). The summed E-state index contributed by atoms with van der Waals surface area (Å²) in [6.45, 7) is 1.87. The summed E-state index contributed by atoms with van der Waals surface area (Å²) in [5.74, 6) is -2.28. The van der Waals surface area contributed by atoms with E-state index in [-0.39, 0.29) is 23.3 Å². The van der Waals surface area contributed by atoms with Crippen molar-refractivity contribution in [2.24, 2.45) is 5.92 Å². The van der Waals surface area contributed by atoms with Crippen molar-refractivity contribution in [2.45, 2.75) is 25.7 Å². The Bertz CT molecular complexity index is 1390. The minimum atomic E-state index is -0.760. The molecule has 0 atom stereocenters. The van der Waals surface area contributed by atoms with Crippen molar-refractivity contribution in [3.8, 4) is 0 Å². The zero-order chi connectivity index (χ0) is 27.4. The van der Waals surface area contributed by atoms with Crippen LogP contribution in [0.25, 0.3) is 0 Å². The second kappa shape index (κ2) is 11.8. The second-order valence-corrected chi connectivity index (χ2v) is 10.7. The first kappa shape index (κ1) is 26.6. The van der Waals surface area contributed by atoms with Crippen LogP contribution in [0, 0.1) is 11.7 Å². The van der Waals surface area contributed by atoms with Gasteiger partial charge in [0.25, 0.3) is 11.8 Å². The lowest BCUT2D eigenvalue weighted by atomic mass is 9.96.